The van der Waals surface area contributed by atoms with Gasteiger partial charge in [0.15, 0.2) is 0 Å². The molecule has 0 saturated heterocycles. The molecule has 0 saturated carbocycles. The maximum atomic E-state index is 6.75. The Bertz CT molecular complexity index is 3660. The summed E-state index contributed by atoms with van der Waals surface area (Å²) in [6.45, 7) is 0. The van der Waals surface area contributed by atoms with Gasteiger partial charge in [-0.05, 0) is 80.9 Å². The van der Waals surface area contributed by atoms with E-state index in [1.807, 2.05) is 12.1 Å². The van der Waals surface area contributed by atoms with Gasteiger partial charge < -0.3 is 13.7 Å². The standard InChI is InChI=1S/C61H37NO2/c1-8-28-51-39(17-1)40-18-2-9-29-52(40)61(51)53-30-10-3-19-41(53)42-36-35-38(37-54(42)61)62(55-31-11-4-20-43(55)47-24-15-26-49-45-22-6-13-33-57(45)63-59(47)49)56-32-12-5-21-44(56)48-25-16-27-50-46-23-7-14-34-58(46)64-60(48)50/h1-37H. The molecule has 0 atom stereocenters. The second kappa shape index (κ2) is 13.3. The fraction of sp³-hybridized carbons (Fsp3) is 0.0164. The van der Waals surface area contributed by atoms with E-state index in [4.69, 9.17) is 8.83 Å². The molecule has 2 heterocycles. The van der Waals surface area contributed by atoms with E-state index in [9.17, 15) is 0 Å². The number of furan rings is 2. The first kappa shape index (κ1) is 35.2. The van der Waals surface area contributed by atoms with E-state index in [1.165, 1.54) is 44.5 Å². The first-order valence-corrected chi connectivity index (χ1v) is 22.0. The van der Waals surface area contributed by atoms with Gasteiger partial charge in [0, 0.05) is 49.5 Å². The number of rotatable bonds is 5. The largest absolute Gasteiger partial charge is 0.455 e. The van der Waals surface area contributed by atoms with Crippen molar-refractivity contribution in [1.82, 2.24) is 0 Å². The third-order valence-corrected chi connectivity index (χ3v) is 13.9. The molecule has 64 heavy (non-hydrogen) atoms. The summed E-state index contributed by atoms with van der Waals surface area (Å²) in [6, 6.07) is 81.5. The Morgan fingerprint density at radius 2 is 0.656 bits per heavy atom. The van der Waals surface area contributed by atoms with E-state index < -0.39 is 5.41 Å². The molecule has 0 amide bonds. The molecular weight excluding hydrogens is 779 g/mol. The summed E-state index contributed by atoms with van der Waals surface area (Å²) < 4.78 is 13.5. The van der Waals surface area contributed by atoms with Gasteiger partial charge >= 0.3 is 0 Å². The molecule has 0 radical (unpaired) electrons. The summed E-state index contributed by atoms with van der Waals surface area (Å²) in [6.07, 6.45) is 0. The van der Waals surface area contributed by atoms with Gasteiger partial charge in [-0.25, -0.2) is 0 Å². The van der Waals surface area contributed by atoms with Crippen molar-refractivity contribution in [3.63, 3.8) is 0 Å². The molecule has 298 valence electrons. The molecule has 14 rings (SSSR count). The Morgan fingerprint density at radius 1 is 0.281 bits per heavy atom. The van der Waals surface area contributed by atoms with Gasteiger partial charge in [0.05, 0.1) is 16.8 Å². The van der Waals surface area contributed by atoms with Gasteiger partial charge in [-0.15, -0.1) is 0 Å². The second-order valence-electron chi connectivity index (χ2n) is 17.0. The molecule has 0 N–H and O–H groups in total. The lowest BCUT2D eigenvalue weighted by atomic mass is 9.70. The van der Waals surface area contributed by atoms with Crippen molar-refractivity contribution in [3.05, 3.63) is 247 Å². The predicted octanol–water partition coefficient (Wildman–Crippen LogP) is 16.6. The summed E-state index contributed by atoms with van der Waals surface area (Å²) in [5, 5.41) is 4.42. The Morgan fingerprint density at radius 3 is 1.16 bits per heavy atom. The van der Waals surface area contributed by atoms with E-state index in [-0.39, 0.29) is 0 Å². The molecule has 0 aliphatic heterocycles. The van der Waals surface area contributed by atoms with Crippen LogP contribution in [0.1, 0.15) is 22.3 Å². The molecular formula is C61H37NO2. The molecule has 3 nitrogen and oxygen atoms in total. The molecule has 0 fully saturated rings. The van der Waals surface area contributed by atoms with Crippen molar-refractivity contribution in [2.24, 2.45) is 0 Å². The zero-order chi connectivity index (χ0) is 41.9. The number of hydrogen-bond donors (Lipinski definition) is 0. The third-order valence-electron chi connectivity index (χ3n) is 13.9. The van der Waals surface area contributed by atoms with Crippen LogP contribution in [0.3, 0.4) is 0 Å². The molecule has 2 aromatic heterocycles. The van der Waals surface area contributed by atoms with Crippen LogP contribution >= 0.6 is 0 Å². The lowest BCUT2D eigenvalue weighted by Gasteiger charge is -2.33. The van der Waals surface area contributed by atoms with Crippen LogP contribution in [0.15, 0.2) is 233 Å². The van der Waals surface area contributed by atoms with Crippen molar-refractivity contribution >= 4 is 60.9 Å². The van der Waals surface area contributed by atoms with Gasteiger partial charge in [-0.3, -0.25) is 0 Å². The van der Waals surface area contributed by atoms with Gasteiger partial charge in [-0.1, -0.05) is 188 Å². The van der Waals surface area contributed by atoms with Crippen molar-refractivity contribution in [2.45, 2.75) is 5.41 Å². The molecule has 12 aromatic rings. The Balaban J connectivity index is 1.07. The van der Waals surface area contributed by atoms with Gasteiger partial charge in [0.25, 0.3) is 0 Å². The monoisotopic (exact) mass is 815 g/mol. The maximum Gasteiger partial charge on any atom is 0.143 e. The third kappa shape index (κ3) is 4.70. The summed E-state index contributed by atoms with van der Waals surface area (Å²) in [4.78, 5) is 2.47. The molecule has 3 heteroatoms. The highest BCUT2D eigenvalue weighted by Crippen LogP contribution is 2.63. The Hall–Kier alpha value is -8.40. The van der Waals surface area contributed by atoms with Crippen LogP contribution in [0.4, 0.5) is 17.1 Å². The first-order chi connectivity index (χ1) is 31.8. The van der Waals surface area contributed by atoms with Crippen molar-refractivity contribution in [2.75, 3.05) is 4.90 Å². The van der Waals surface area contributed by atoms with Crippen molar-refractivity contribution < 1.29 is 8.83 Å². The van der Waals surface area contributed by atoms with Gasteiger partial charge in [-0.2, -0.15) is 0 Å². The van der Waals surface area contributed by atoms with Gasteiger partial charge in [0.1, 0.15) is 22.3 Å². The molecule has 0 unspecified atom stereocenters. The van der Waals surface area contributed by atoms with Crippen LogP contribution in [-0.2, 0) is 5.41 Å². The van der Waals surface area contributed by atoms with Crippen molar-refractivity contribution in [3.8, 4) is 44.5 Å². The normalized spacial score (nSPS) is 13.1. The number of anilines is 3. The fourth-order valence-corrected chi connectivity index (χ4v) is 11.3. The minimum Gasteiger partial charge on any atom is -0.455 e. The summed E-state index contributed by atoms with van der Waals surface area (Å²) in [7, 11) is 0. The highest BCUT2D eigenvalue weighted by Gasteiger charge is 2.51. The van der Waals surface area contributed by atoms with E-state index in [2.05, 4.69) is 217 Å². The zero-order valence-electron chi connectivity index (χ0n) is 34.6. The molecule has 1 spiro atoms. The second-order valence-corrected chi connectivity index (χ2v) is 17.0. The van der Waals surface area contributed by atoms with Crippen LogP contribution in [0, 0.1) is 0 Å². The molecule has 2 aliphatic rings. The molecule has 0 bridgehead atoms. The highest BCUT2D eigenvalue weighted by atomic mass is 16.3. The molecule has 10 aromatic carbocycles. The lowest BCUT2D eigenvalue weighted by molar-refractivity contribution is 0.669. The summed E-state index contributed by atoms with van der Waals surface area (Å²) >= 11 is 0. The highest BCUT2D eigenvalue weighted by molar-refractivity contribution is 6.13. The predicted molar refractivity (Wildman–Crippen MR) is 263 cm³/mol. The van der Waals surface area contributed by atoms with Crippen LogP contribution in [0.2, 0.25) is 0 Å². The lowest BCUT2D eigenvalue weighted by Crippen LogP contribution is -2.26. The number of fused-ring (bicyclic) bond motifs is 16. The number of hydrogen-bond acceptors (Lipinski definition) is 3. The topological polar surface area (TPSA) is 29.5 Å². The Labute approximate surface area is 369 Å². The zero-order valence-corrected chi connectivity index (χ0v) is 34.6. The smallest absolute Gasteiger partial charge is 0.143 e. The number of benzene rings is 10. The van der Waals surface area contributed by atoms with Crippen LogP contribution < -0.4 is 4.90 Å². The van der Waals surface area contributed by atoms with E-state index in [0.717, 1.165) is 83.2 Å². The van der Waals surface area contributed by atoms with Crippen LogP contribution in [0.5, 0.6) is 0 Å². The average Bonchev–Trinajstić information content (AvgIpc) is 4.10. The molecule has 2 aliphatic carbocycles. The first-order valence-electron chi connectivity index (χ1n) is 22.0. The fourth-order valence-electron chi connectivity index (χ4n) is 11.3. The number of nitrogens with zero attached hydrogens (tertiary/aromatic N) is 1. The summed E-state index contributed by atoms with van der Waals surface area (Å²) in [5.41, 5.74) is 20.7. The average molecular weight is 816 g/mol. The minimum absolute atomic E-state index is 0.500. The van der Waals surface area contributed by atoms with Gasteiger partial charge in [0.2, 0.25) is 0 Å². The van der Waals surface area contributed by atoms with Crippen molar-refractivity contribution in [1.29, 1.82) is 0 Å². The Kier molecular flexibility index (Phi) is 7.32. The maximum absolute atomic E-state index is 6.75. The van der Waals surface area contributed by atoms with E-state index >= 15 is 0 Å². The number of para-hydroxylation sites is 6. The van der Waals surface area contributed by atoms with E-state index in [0.29, 0.717) is 0 Å². The summed E-state index contributed by atoms with van der Waals surface area (Å²) in [5.74, 6) is 0. The quantitative estimate of drug-likeness (QED) is 0.173. The van der Waals surface area contributed by atoms with Crippen LogP contribution in [-0.4, -0.2) is 0 Å². The van der Waals surface area contributed by atoms with E-state index in [1.54, 1.807) is 0 Å². The van der Waals surface area contributed by atoms with Crippen LogP contribution in [0.25, 0.3) is 88.4 Å². The minimum atomic E-state index is -0.500. The SMILES string of the molecule is c1ccc(N(c2ccc3c(c2)C2(c4ccccc4-c4ccccc42)c2ccccc2-3)c2ccccc2-c2cccc3c2oc2ccccc23)c(-c2cccc3c2oc2ccccc23)c1.